The van der Waals surface area contributed by atoms with Crippen LogP contribution in [0.4, 0.5) is 8.78 Å². The summed E-state index contributed by atoms with van der Waals surface area (Å²) in [5.41, 5.74) is 3.34. The van der Waals surface area contributed by atoms with Gasteiger partial charge < -0.3 is 9.40 Å². The van der Waals surface area contributed by atoms with E-state index < -0.39 is 11.6 Å². The van der Waals surface area contributed by atoms with E-state index in [9.17, 15) is 13.6 Å². The average Bonchev–Trinajstić information content (AvgIpc) is 3.32. The largest absolute Gasteiger partial charge is 0.461 e. The summed E-state index contributed by atoms with van der Waals surface area (Å²) in [5, 5.41) is 0. The monoisotopic (exact) mass is 420 g/mol. The van der Waals surface area contributed by atoms with E-state index in [0.29, 0.717) is 47.9 Å². The van der Waals surface area contributed by atoms with Crippen LogP contribution in [0.5, 0.6) is 0 Å². The zero-order chi connectivity index (χ0) is 21.4. The van der Waals surface area contributed by atoms with Crippen LogP contribution in [0, 0.1) is 11.6 Å². The fourth-order valence-electron chi connectivity index (χ4n) is 3.75. The Bertz CT molecular complexity index is 1280. The molecule has 0 radical (unpaired) electrons. The Hall–Kier alpha value is -3.65. The molecule has 8 heteroatoms. The molecular weight excluding hydrogens is 402 g/mol. The lowest BCUT2D eigenvalue weighted by Crippen LogP contribution is -2.35. The number of hydrogen-bond acceptors (Lipinski definition) is 5. The Morgan fingerprint density at radius 2 is 2.03 bits per heavy atom. The number of halogens is 2. The van der Waals surface area contributed by atoms with E-state index in [1.165, 1.54) is 6.07 Å². The van der Waals surface area contributed by atoms with Crippen LogP contribution in [0.3, 0.4) is 0 Å². The summed E-state index contributed by atoms with van der Waals surface area (Å²) in [6, 6.07) is 10.9. The second-order valence-electron chi connectivity index (χ2n) is 7.46. The van der Waals surface area contributed by atoms with Crippen molar-refractivity contribution in [3.63, 3.8) is 0 Å². The number of pyridine rings is 1. The SMILES string of the molecule is O=c1[nH]c(-c2ccco2)nc2c1CN(Cc1ccc(-c3ccc(F)c(F)c3)nc1)CC2. The normalized spacial score (nSPS) is 13.9. The van der Waals surface area contributed by atoms with Crippen LogP contribution in [0.25, 0.3) is 22.8 Å². The average molecular weight is 420 g/mol. The first kappa shape index (κ1) is 19.3. The van der Waals surface area contributed by atoms with Crippen LogP contribution in [0.1, 0.15) is 16.8 Å². The Kier molecular flexibility index (Phi) is 4.91. The molecule has 3 aromatic heterocycles. The number of benzene rings is 1. The first-order valence-electron chi connectivity index (χ1n) is 9.85. The molecule has 4 aromatic rings. The predicted molar refractivity (Wildman–Crippen MR) is 110 cm³/mol. The molecule has 0 amide bonds. The van der Waals surface area contributed by atoms with Gasteiger partial charge in [-0.2, -0.15) is 0 Å². The minimum atomic E-state index is -0.899. The van der Waals surface area contributed by atoms with Gasteiger partial charge in [-0.3, -0.25) is 14.7 Å². The van der Waals surface area contributed by atoms with Gasteiger partial charge in [0.05, 0.1) is 23.2 Å². The van der Waals surface area contributed by atoms with Gasteiger partial charge in [0.1, 0.15) is 0 Å². The molecule has 0 fully saturated rings. The molecule has 0 spiro atoms. The molecule has 0 saturated heterocycles. The van der Waals surface area contributed by atoms with Crippen molar-refractivity contribution >= 4 is 0 Å². The first-order valence-corrected chi connectivity index (χ1v) is 9.85. The van der Waals surface area contributed by atoms with Gasteiger partial charge in [-0.15, -0.1) is 0 Å². The van der Waals surface area contributed by atoms with Gasteiger partial charge in [-0.25, -0.2) is 13.8 Å². The molecule has 5 rings (SSSR count). The third kappa shape index (κ3) is 3.89. The van der Waals surface area contributed by atoms with E-state index in [1.807, 2.05) is 6.07 Å². The molecule has 31 heavy (non-hydrogen) atoms. The fourth-order valence-corrected chi connectivity index (χ4v) is 3.75. The van der Waals surface area contributed by atoms with Crippen molar-refractivity contribution in [3.8, 4) is 22.8 Å². The number of fused-ring (bicyclic) bond motifs is 1. The van der Waals surface area contributed by atoms with Crippen molar-refractivity contribution < 1.29 is 13.2 Å². The van der Waals surface area contributed by atoms with E-state index in [0.717, 1.165) is 29.9 Å². The van der Waals surface area contributed by atoms with Crippen molar-refractivity contribution in [1.82, 2.24) is 19.9 Å². The Morgan fingerprint density at radius 3 is 2.77 bits per heavy atom. The fraction of sp³-hybridized carbons (Fsp3) is 0.174. The van der Waals surface area contributed by atoms with Gasteiger partial charge in [0.2, 0.25) is 0 Å². The number of H-pyrrole nitrogens is 1. The summed E-state index contributed by atoms with van der Waals surface area (Å²) in [6.07, 6.45) is 3.92. The second-order valence-corrected chi connectivity index (χ2v) is 7.46. The summed E-state index contributed by atoms with van der Waals surface area (Å²) in [7, 11) is 0. The van der Waals surface area contributed by atoms with E-state index >= 15 is 0 Å². The number of nitrogens with one attached hydrogen (secondary N) is 1. The van der Waals surface area contributed by atoms with Gasteiger partial charge in [0.15, 0.2) is 23.2 Å². The number of hydrogen-bond donors (Lipinski definition) is 1. The van der Waals surface area contributed by atoms with Crippen molar-refractivity contribution in [3.05, 3.63) is 93.7 Å². The van der Waals surface area contributed by atoms with Crippen LogP contribution in [-0.2, 0) is 19.5 Å². The first-order chi connectivity index (χ1) is 15.1. The van der Waals surface area contributed by atoms with Gasteiger partial charge in [0, 0.05) is 37.8 Å². The molecule has 0 aliphatic carbocycles. The number of aromatic amines is 1. The quantitative estimate of drug-likeness (QED) is 0.542. The third-order valence-electron chi connectivity index (χ3n) is 5.35. The summed E-state index contributed by atoms with van der Waals surface area (Å²) in [6.45, 7) is 1.86. The lowest BCUT2D eigenvalue weighted by Gasteiger charge is -2.27. The van der Waals surface area contributed by atoms with Crippen LogP contribution >= 0.6 is 0 Å². The Balaban J connectivity index is 1.31. The molecule has 1 aliphatic heterocycles. The molecule has 156 valence electrons. The Labute approximate surface area is 176 Å². The lowest BCUT2D eigenvalue weighted by molar-refractivity contribution is 0.241. The van der Waals surface area contributed by atoms with Crippen molar-refractivity contribution in [2.24, 2.45) is 0 Å². The van der Waals surface area contributed by atoms with Crippen molar-refractivity contribution in [2.75, 3.05) is 6.54 Å². The third-order valence-corrected chi connectivity index (χ3v) is 5.35. The number of rotatable bonds is 4. The maximum Gasteiger partial charge on any atom is 0.256 e. The summed E-state index contributed by atoms with van der Waals surface area (Å²) < 4.78 is 31.9. The highest BCUT2D eigenvalue weighted by molar-refractivity contribution is 5.59. The van der Waals surface area contributed by atoms with E-state index in [-0.39, 0.29) is 5.56 Å². The maximum absolute atomic E-state index is 13.5. The summed E-state index contributed by atoms with van der Waals surface area (Å²) >= 11 is 0. The minimum absolute atomic E-state index is 0.159. The van der Waals surface area contributed by atoms with Gasteiger partial charge in [-0.05, 0) is 42.0 Å². The van der Waals surface area contributed by atoms with Gasteiger partial charge in [-0.1, -0.05) is 6.07 Å². The molecule has 6 nitrogen and oxygen atoms in total. The van der Waals surface area contributed by atoms with Crippen LogP contribution < -0.4 is 5.56 Å². The molecule has 0 atom stereocenters. The highest BCUT2D eigenvalue weighted by Gasteiger charge is 2.22. The lowest BCUT2D eigenvalue weighted by atomic mass is 10.1. The zero-order valence-electron chi connectivity index (χ0n) is 16.4. The van der Waals surface area contributed by atoms with Gasteiger partial charge >= 0.3 is 0 Å². The van der Waals surface area contributed by atoms with Crippen LogP contribution in [-0.4, -0.2) is 26.4 Å². The predicted octanol–water partition coefficient (Wildman–Crippen LogP) is 3.93. The number of furan rings is 1. The van der Waals surface area contributed by atoms with E-state index in [1.54, 1.807) is 30.7 Å². The van der Waals surface area contributed by atoms with Crippen molar-refractivity contribution in [2.45, 2.75) is 19.5 Å². The molecular formula is C23H18F2N4O2. The smallest absolute Gasteiger partial charge is 0.256 e. The zero-order valence-corrected chi connectivity index (χ0v) is 16.4. The number of aromatic nitrogens is 3. The molecule has 0 saturated carbocycles. The topological polar surface area (TPSA) is 75.0 Å². The van der Waals surface area contributed by atoms with Gasteiger partial charge in [0.25, 0.3) is 5.56 Å². The molecule has 0 bridgehead atoms. The molecule has 1 aliphatic rings. The summed E-state index contributed by atoms with van der Waals surface area (Å²) in [5.74, 6) is -0.801. The highest BCUT2D eigenvalue weighted by Crippen LogP contribution is 2.22. The molecule has 4 heterocycles. The maximum atomic E-state index is 13.5. The van der Waals surface area contributed by atoms with Crippen molar-refractivity contribution in [1.29, 1.82) is 0 Å². The summed E-state index contributed by atoms with van der Waals surface area (Å²) in [4.78, 5) is 26.5. The second kappa shape index (κ2) is 7.88. The van der Waals surface area contributed by atoms with Crippen LogP contribution in [0.2, 0.25) is 0 Å². The standard InChI is InChI=1S/C23H18F2N4O2/c24-17-5-4-15(10-18(17)25)19-6-3-14(11-26-19)12-29-8-7-20-16(13-29)23(30)28-22(27-20)21-2-1-9-31-21/h1-6,9-11H,7-8,12-13H2,(H,27,28,30). The minimum Gasteiger partial charge on any atom is -0.461 e. The molecule has 1 N–H and O–H groups in total. The molecule has 1 aromatic carbocycles. The Morgan fingerprint density at radius 1 is 1.13 bits per heavy atom. The molecule has 0 unspecified atom stereocenters. The van der Waals surface area contributed by atoms with Crippen LogP contribution in [0.15, 0.2) is 64.1 Å². The van der Waals surface area contributed by atoms with E-state index in [4.69, 9.17) is 4.42 Å². The van der Waals surface area contributed by atoms with E-state index in [2.05, 4.69) is 19.9 Å². The highest BCUT2D eigenvalue weighted by atomic mass is 19.2. The number of nitrogens with zero attached hydrogens (tertiary/aromatic N) is 3.